The van der Waals surface area contributed by atoms with Crippen LogP contribution in [-0.2, 0) is 11.2 Å². The molecule has 158 valence electrons. The molecular formula is C23H23N5O2S. The number of benzene rings is 2. The standard InChI is InChI=1S/C23H23N5O2S/c1-3-17-10-4-6-12-19(17)24-21(29)16-31-23-26-25-22(28(23)27-14-8-9-15-27)18-11-5-7-13-20(18)30-2/h4-15H,3,16H2,1-2H3,(H,24,29). The van der Waals surface area contributed by atoms with Gasteiger partial charge in [0, 0.05) is 18.1 Å². The molecule has 31 heavy (non-hydrogen) atoms. The van der Waals surface area contributed by atoms with Crippen LogP contribution < -0.4 is 10.1 Å². The molecule has 8 heteroatoms. The first-order chi connectivity index (χ1) is 15.2. The molecule has 0 unspecified atom stereocenters. The maximum Gasteiger partial charge on any atom is 0.234 e. The maximum absolute atomic E-state index is 12.6. The predicted molar refractivity (Wildman–Crippen MR) is 122 cm³/mol. The van der Waals surface area contributed by atoms with E-state index in [1.165, 1.54) is 11.8 Å². The molecule has 0 bridgehead atoms. The summed E-state index contributed by atoms with van der Waals surface area (Å²) in [6, 6.07) is 19.3. The summed E-state index contributed by atoms with van der Waals surface area (Å²) < 4.78 is 9.26. The zero-order chi connectivity index (χ0) is 21.6. The van der Waals surface area contributed by atoms with Crippen molar-refractivity contribution in [2.75, 3.05) is 18.2 Å². The summed E-state index contributed by atoms with van der Waals surface area (Å²) in [7, 11) is 1.63. The third-order valence-electron chi connectivity index (χ3n) is 4.78. The molecule has 0 spiro atoms. The number of methoxy groups -OCH3 is 1. The van der Waals surface area contributed by atoms with E-state index in [1.807, 2.05) is 82.4 Å². The zero-order valence-electron chi connectivity index (χ0n) is 17.4. The molecule has 4 rings (SSSR count). The van der Waals surface area contributed by atoms with Gasteiger partial charge in [0.15, 0.2) is 5.82 Å². The molecule has 0 aliphatic carbocycles. The highest BCUT2D eigenvalue weighted by Crippen LogP contribution is 2.31. The molecule has 2 heterocycles. The van der Waals surface area contributed by atoms with Gasteiger partial charge in [-0.05, 0) is 42.3 Å². The van der Waals surface area contributed by atoms with Gasteiger partial charge in [-0.3, -0.25) is 9.47 Å². The molecule has 2 aromatic heterocycles. The second-order valence-electron chi connectivity index (χ2n) is 6.73. The van der Waals surface area contributed by atoms with Crippen molar-refractivity contribution in [3.05, 3.63) is 78.6 Å². The number of aromatic nitrogens is 4. The van der Waals surface area contributed by atoms with Crippen LogP contribution in [0.4, 0.5) is 5.69 Å². The molecule has 0 radical (unpaired) electrons. The molecule has 1 N–H and O–H groups in total. The quantitative estimate of drug-likeness (QED) is 0.418. The summed E-state index contributed by atoms with van der Waals surface area (Å²) >= 11 is 1.33. The second-order valence-corrected chi connectivity index (χ2v) is 7.67. The number of nitrogens with one attached hydrogen (secondary N) is 1. The molecule has 0 aliphatic heterocycles. The second kappa shape index (κ2) is 9.53. The van der Waals surface area contributed by atoms with E-state index in [9.17, 15) is 4.79 Å². The van der Waals surface area contributed by atoms with Crippen LogP contribution in [0.3, 0.4) is 0 Å². The number of rotatable bonds is 8. The average Bonchev–Trinajstić information content (AvgIpc) is 3.47. The summed E-state index contributed by atoms with van der Waals surface area (Å²) in [6.07, 6.45) is 4.67. The summed E-state index contributed by atoms with van der Waals surface area (Å²) in [5.41, 5.74) is 2.77. The van der Waals surface area contributed by atoms with Gasteiger partial charge in [-0.1, -0.05) is 49.0 Å². The predicted octanol–water partition coefficient (Wildman–Crippen LogP) is 4.36. The molecule has 0 aliphatic rings. The number of hydrogen-bond donors (Lipinski definition) is 1. The number of nitrogens with zero attached hydrogens (tertiary/aromatic N) is 4. The smallest absolute Gasteiger partial charge is 0.234 e. The van der Waals surface area contributed by atoms with Gasteiger partial charge in [0.2, 0.25) is 11.1 Å². The summed E-state index contributed by atoms with van der Waals surface area (Å²) in [6.45, 7) is 2.07. The highest BCUT2D eigenvalue weighted by molar-refractivity contribution is 7.99. The topological polar surface area (TPSA) is 74.0 Å². The van der Waals surface area contributed by atoms with Gasteiger partial charge in [0.25, 0.3) is 0 Å². The van der Waals surface area contributed by atoms with Crippen molar-refractivity contribution in [1.82, 2.24) is 19.5 Å². The Morgan fingerprint density at radius 3 is 2.55 bits per heavy atom. The van der Waals surface area contributed by atoms with Crippen molar-refractivity contribution in [3.8, 4) is 17.1 Å². The van der Waals surface area contributed by atoms with Crippen molar-refractivity contribution < 1.29 is 9.53 Å². The van der Waals surface area contributed by atoms with Crippen LogP contribution in [0.25, 0.3) is 11.4 Å². The van der Waals surface area contributed by atoms with E-state index < -0.39 is 0 Å². The minimum atomic E-state index is -0.0909. The van der Waals surface area contributed by atoms with E-state index in [4.69, 9.17) is 4.74 Å². The van der Waals surface area contributed by atoms with Crippen LogP contribution in [0.1, 0.15) is 12.5 Å². The number of para-hydroxylation sites is 2. The molecule has 2 aromatic carbocycles. The number of hydrogen-bond acceptors (Lipinski definition) is 5. The number of carbonyl (C=O) groups is 1. The molecule has 4 aromatic rings. The van der Waals surface area contributed by atoms with Crippen LogP contribution >= 0.6 is 11.8 Å². The lowest BCUT2D eigenvalue weighted by Crippen LogP contribution is -2.16. The highest BCUT2D eigenvalue weighted by atomic mass is 32.2. The number of aryl methyl sites for hydroxylation is 1. The average molecular weight is 434 g/mol. The first-order valence-electron chi connectivity index (χ1n) is 9.94. The van der Waals surface area contributed by atoms with E-state index in [-0.39, 0.29) is 11.7 Å². The minimum Gasteiger partial charge on any atom is -0.496 e. The Balaban J connectivity index is 1.59. The fourth-order valence-electron chi connectivity index (χ4n) is 3.29. The molecule has 0 atom stereocenters. The Bertz CT molecular complexity index is 1170. The summed E-state index contributed by atoms with van der Waals surface area (Å²) in [5.74, 6) is 1.46. The van der Waals surface area contributed by atoms with E-state index >= 15 is 0 Å². The van der Waals surface area contributed by atoms with Gasteiger partial charge >= 0.3 is 0 Å². The lowest BCUT2D eigenvalue weighted by molar-refractivity contribution is -0.113. The van der Waals surface area contributed by atoms with Crippen molar-refractivity contribution >= 4 is 23.4 Å². The first kappa shape index (κ1) is 20.7. The number of anilines is 1. The molecule has 1 amide bonds. The van der Waals surface area contributed by atoms with Crippen molar-refractivity contribution in [2.45, 2.75) is 18.5 Å². The fraction of sp³-hybridized carbons (Fsp3) is 0.174. The van der Waals surface area contributed by atoms with Crippen LogP contribution in [0.5, 0.6) is 5.75 Å². The minimum absolute atomic E-state index is 0.0909. The van der Waals surface area contributed by atoms with Crippen molar-refractivity contribution in [3.63, 3.8) is 0 Å². The maximum atomic E-state index is 12.6. The molecule has 7 nitrogen and oxygen atoms in total. The first-order valence-corrected chi connectivity index (χ1v) is 10.9. The van der Waals surface area contributed by atoms with Gasteiger partial charge in [0.05, 0.1) is 18.4 Å². The Morgan fingerprint density at radius 2 is 1.77 bits per heavy atom. The highest BCUT2D eigenvalue weighted by Gasteiger charge is 2.19. The van der Waals surface area contributed by atoms with Crippen LogP contribution in [0.2, 0.25) is 0 Å². The summed E-state index contributed by atoms with van der Waals surface area (Å²) in [5, 5.41) is 12.4. The Hall–Kier alpha value is -3.52. The third kappa shape index (κ3) is 4.49. The lowest BCUT2D eigenvalue weighted by atomic mass is 10.1. The molecule has 0 saturated heterocycles. The van der Waals surface area contributed by atoms with Crippen LogP contribution in [0, 0.1) is 0 Å². The van der Waals surface area contributed by atoms with E-state index in [0.29, 0.717) is 16.7 Å². The van der Waals surface area contributed by atoms with Crippen LogP contribution in [-0.4, -0.2) is 38.3 Å². The van der Waals surface area contributed by atoms with Gasteiger partial charge < -0.3 is 10.1 Å². The zero-order valence-corrected chi connectivity index (χ0v) is 18.2. The number of amides is 1. The van der Waals surface area contributed by atoms with Gasteiger partial charge in [-0.15, -0.1) is 10.2 Å². The molecule has 0 fully saturated rings. The Morgan fingerprint density at radius 1 is 1.03 bits per heavy atom. The van der Waals surface area contributed by atoms with E-state index in [1.54, 1.807) is 7.11 Å². The fourth-order valence-corrected chi connectivity index (χ4v) is 4.02. The number of thioether (sulfide) groups is 1. The largest absolute Gasteiger partial charge is 0.496 e. The molecule has 0 saturated carbocycles. The molecular weight excluding hydrogens is 410 g/mol. The van der Waals surface area contributed by atoms with E-state index in [2.05, 4.69) is 22.4 Å². The van der Waals surface area contributed by atoms with Gasteiger partial charge in [-0.2, -0.15) is 0 Å². The van der Waals surface area contributed by atoms with Gasteiger partial charge in [-0.25, -0.2) is 4.68 Å². The number of carbonyl (C=O) groups excluding carboxylic acids is 1. The van der Waals surface area contributed by atoms with Crippen molar-refractivity contribution in [1.29, 1.82) is 0 Å². The Labute approximate surface area is 185 Å². The van der Waals surface area contributed by atoms with Crippen LogP contribution in [0.15, 0.2) is 78.2 Å². The SMILES string of the molecule is CCc1ccccc1NC(=O)CSc1nnc(-c2ccccc2OC)n1-n1cccc1. The van der Waals surface area contributed by atoms with Crippen molar-refractivity contribution in [2.24, 2.45) is 0 Å². The van der Waals surface area contributed by atoms with E-state index in [0.717, 1.165) is 23.2 Å². The number of ether oxygens (including phenoxy) is 1. The summed E-state index contributed by atoms with van der Waals surface area (Å²) in [4.78, 5) is 12.6. The Kier molecular flexibility index (Phi) is 6.37. The normalized spacial score (nSPS) is 10.8. The third-order valence-corrected chi connectivity index (χ3v) is 5.70. The lowest BCUT2D eigenvalue weighted by Gasteiger charge is -2.13. The monoisotopic (exact) mass is 433 g/mol. The van der Waals surface area contributed by atoms with Gasteiger partial charge in [0.1, 0.15) is 5.75 Å².